The molecule has 2 aromatic carbocycles. The quantitative estimate of drug-likeness (QED) is 0.681. The maximum atomic E-state index is 13.4. The molecule has 9 heteroatoms. The predicted molar refractivity (Wildman–Crippen MR) is 126 cm³/mol. The van der Waals surface area contributed by atoms with Gasteiger partial charge in [0.15, 0.2) is 0 Å². The van der Waals surface area contributed by atoms with E-state index in [-0.39, 0.29) is 18.4 Å². The van der Waals surface area contributed by atoms with E-state index < -0.39 is 17.3 Å². The predicted octanol–water partition coefficient (Wildman–Crippen LogP) is 4.74. The van der Waals surface area contributed by atoms with Gasteiger partial charge in [0.25, 0.3) is 0 Å². The Morgan fingerprint density at radius 3 is 2.56 bits per heavy atom. The van der Waals surface area contributed by atoms with Crippen molar-refractivity contribution < 1.29 is 19.1 Å². The first-order chi connectivity index (χ1) is 15.3. The van der Waals surface area contributed by atoms with Crippen molar-refractivity contribution in [1.82, 2.24) is 4.90 Å². The fourth-order valence-corrected chi connectivity index (χ4v) is 5.39. The number of rotatable bonds is 5. The number of nitrogens with one attached hydrogen (secondary N) is 1. The highest BCUT2D eigenvalue weighted by atomic mass is 35.5. The maximum Gasteiger partial charge on any atom is 0.332 e. The van der Waals surface area contributed by atoms with E-state index in [4.69, 9.17) is 16.3 Å². The zero-order chi connectivity index (χ0) is 23.0. The van der Waals surface area contributed by atoms with Gasteiger partial charge in [0.2, 0.25) is 11.8 Å². The molecule has 4 rings (SSSR count). The van der Waals surface area contributed by atoms with Gasteiger partial charge in [0.05, 0.1) is 24.1 Å². The van der Waals surface area contributed by atoms with Crippen molar-refractivity contribution in [2.24, 2.45) is 5.92 Å². The zero-order valence-corrected chi connectivity index (χ0v) is 19.4. The maximum absolute atomic E-state index is 13.4. The lowest BCUT2D eigenvalue weighted by atomic mass is 9.95. The van der Waals surface area contributed by atoms with E-state index in [2.05, 4.69) is 5.32 Å². The number of anilines is 2. The second-order valence-corrected chi connectivity index (χ2v) is 9.33. The smallest absolute Gasteiger partial charge is 0.332 e. The number of allylic oxidation sites excluding steroid dienone is 1. The molecule has 166 valence electrons. The summed E-state index contributed by atoms with van der Waals surface area (Å²) >= 11 is 7.42. The van der Waals surface area contributed by atoms with E-state index in [1.165, 1.54) is 16.7 Å². The van der Waals surface area contributed by atoms with E-state index in [0.29, 0.717) is 22.1 Å². The molecule has 0 aromatic heterocycles. The standard InChI is InChI=1S/C23H22ClN3O4S/c1-13-14(2)32-22-20(13)21(29)27(17-9-7-15(24)8-10-17)23(30)26(22)12-19(28)25-16-5-4-6-18(11-16)31-3/h4-11,20,22H,12H2,1-3H3,(H,25,28). The number of amides is 4. The Bertz CT molecular complexity index is 1120. The number of benzene rings is 2. The highest BCUT2D eigenvalue weighted by Gasteiger charge is 2.51. The van der Waals surface area contributed by atoms with Crippen molar-refractivity contribution in [2.75, 3.05) is 23.9 Å². The van der Waals surface area contributed by atoms with Crippen molar-refractivity contribution in [2.45, 2.75) is 19.2 Å². The average Bonchev–Trinajstić information content (AvgIpc) is 3.07. The number of nitrogens with zero attached hydrogens (tertiary/aromatic N) is 2. The third kappa shape index (κ3) is 4.08. The van der Waals surface area contributed by atoms with Crippen LogP contribution in [0, 0.1) is 5.92 Å². The van der Waals surface area contributed by atoms with Crippen LogP contribution in [0.1, 0.15) is 13.8 Å². The Morgan fingerprint density at radius 1 is 1.16 bits per heavy atom. The fourth-order valence-electron chi connectivity index (χ4n) is 3.84. The van der Waals surface area contributed by atoms with Crippen LogP contribution in [-0.2, 0) is 9.59 Å². The summed E-state index contributed by atoms with van der Waals surface area (Å²) in [7, 11) is 1.55. The van der Waals surface area contributed by atoms with Crippen molar-refractivity contribution in [3.63, 3.8) is 0 Å². The largest absolute Gasteiger partial charge is 0.497 e. The molecule has 2 aliphatic heterocycles. The lowest BCUT2D eigenvalue weighted by Gasteiger charge is -2.41. The molecule has 2 aliphatic rings. The zero-order valence-electron chi connectivity index (χ0n) is 17.8. The number of carbonyl (C=O) groups is 3. The Balaban J connectivity index is 1.62. The van der Waals surface area contributed by atoms with Crippen molar-refractivity contribution in [3.05, 3.63) is 64.0 Å². The summed E-state index contributed by atoms with van der Waals surface area (Å²) in [6.07, 6.45) is 0. The summed E-state index contributed by atoms with van der Waals surface area (Å²) in [4.78, 5) is 43.2. The van der Waals surface area contributed by atoms with Crippen LogP contribution in [-0.4, -0.2) is 41.8 Å². The number of carbonyl (C=O) groups excluding carboxylic acids is 3. The minimum atomic E-state index is -0.533. The van der Waals surface area contributed by atoms with Crippen LogP contribution in [0.3, 0.4) is 0 Å². The number of hydrogen-bond acceptors (Lipinski definition) is 5. The highest BCUT2D eigenvalue weighted by molar-refractivity contribution is 8.03. The molecule has 2 heterocycles. The minimum absolute atomic E-state index is 0.192. The van der Waals surface area contributed by atoms with E-state index in [1.807, 2.05) is 13.8 Å². The third-order valence-electron chi connectivity index (χ3n) is 5.59. The SMILES string of the molecule is COc1cccc(NC(=O)CN2C(=O)N(c3ccc(Cl)cc3)C(=O)C3C(C)=C(C)SC32)c1. The summed E-state index contributed by atoms with van der Waals surface area (Å²) in [5, 5.41) is 2.84. The molecule has 1 fully saturated rings. The van der Waals surface area contributed by atoms with Crippen molar-refractivity contribution >= 4 is 52.6 Å². The molecule has 0 bridgehead atoms. The van der Waals surface area contributed by atoms with Gasteiger partial charge < -0.3 is 15.0 Å². The van der Waals surface area contributed by atoms with Gasteiger partial charge in [-0.1, -0.05) is 17.7 Å². The molecule has 0 radical (unpaired) electrons. The topological polar surface area (TPSA) is 79.0 Å². The second kappa shape index (κ2) is 8.88. The summed E-state index contributed by atoms with van der Waals surface area (Å²) < 4.78 is 5.19. The number of hydrogen-bond donors (Lipinski definition) is 1. The van der Waals surface area contributed by atoms with Crippen LogP contribution in [0.15, 0.2) is 59.0 Å². The van der Waals surface area contributed by atoms with Crippen LogP contribution in [0.2, 0.25) is 5.02 Å². The van der Waals surface area contributed by atoms with Gasteiger partial charge in [-0.25, -0.2) is 9.69 Å². The van der Waals surface area contributed by atoms with Crippen LogP contribution >= 0.6 is 23.4 Å². The molecule has 32 heavy (non-hydrogen) atoms. The minimum Gasteiger partial charge on any atom is -0.497 e. The van der Waals surface area contributed by atoms with Crippen LogP contribution < -0.4 is 15.0 Å². The van der Waals surface area contributed by atoms with Gasteiger partial charge in [0, 0.05) is 16.8 Å². The third-order valence-corrected chi connectivity index (χ3v) is 7.28. The first kappa shape index (κ1) is 22.2. The van der Waals surface area contributed by atoms with E-state index >= 15 is 0 Å². The fraction of sp³-hybridized carbons (Fsp3) is 0.261. The van der Waals surface area contributed by atoms with Gasteiger partial charge in [-0.2, -0.15) is 0 Å². The van der Waals surface area contributed by atoms with Crippen molar-refractivity contribution in [1.29, 1.82) is 0 Å². The number of methoxy groups -OCH3 is 1. The molecule has 2 atom stereocenters. The molecule has 1 N–H and O–H groups in total. The highest BCUT2D eigenvalue weighted by Crippen LogP contribution is 2.47. The molecule has 4 amide bonds. The van der Waals surface area contributed by atoms with Gasteiger partial charge in [-0.05, 0) is 60.7 Å². The lowest BCUT2D eigenvalue weighted by molar-refractivity contribution is -0.124. The average molecular weight is 472 g/mol. The Morgan fingerprint density at radius 2 is 1.88 bits per heavy atom. The van der Waals surface area contributed by atoms with E-state index in [0.717, 1.165) is 15.4 Å². The molecular formula is C23H22ClN3O4S. The Labute approximate surface area is 195 Å². The lowest BCUT2D eigenvalue weighted by Crippen LogP contribution is -2.61. The molecule has 0 saturated carbocycles. The number of fused-ring (bicyclic) bond motifs is 1. The summed E-state index contributed by atoms with van der Waals surface area (Å²) in [6, 6.07) is 12.9. The number of imide groups is 1. The second-order valence-electron chi connectivity index (χ2n) is 7.57. The van der Waals surface area contributed by atoms with E-state index in [9.17, 15) is 14.4 Å². The first-order valence-corrected chi connectivity index (χ1v) is 11.2. The molecule has 0 spiro atoms. The van der Waals surface area contributed by atoms with Gasteiger partial charge in [0.1, 0.15) is 12.3 Å². The molecular weight excluding hydrogens is 450 g/mol. The summed E-state index contributed by atoms with van der Waals surface area (Å²) in [6.45, 7) is 3.63. The number of halogens is 1. The number of thioether (sulfide) groups is 1. The van der Waals surface area contributed by atoms with Crippen LogP contribution in [0.4, 0.5) is 16.2 Å². The van der Waals surface area contributed by atoms with Crippen molar-refractivity contribution in [3.8, 4) is 5.75 Å². The van der Waals surface area contributed by atoms with Gasteiger partial charge in [-0.3, -0.25) is 9.59 Å². The van der Waals surface area contributed by atoms with E-state index in [1.54, 1.807) is 55.6 Å². The molecule has 1 saturated heterocycles. The monoisotopic (exact) mass is 471 g/mol. The first-order valence-electron chi connectivity index (χ1n) is 9.98. The molecule has 2 unspecified atom stereocenters. The Kier molecular flexibility index (Phi) is 6.17. The summed E-state index contributed by atoms with van der Waals surface area (Å²) in [5.41, 5.74) is 1.89. The number of ether oxygens (including phenoxy) is 1. The number of urea groups is 1. The molecule has 7 nitrogen and oxygen atoms in total. The van der Waals surface area contributed by atoms with Crippen LogP contribution in [0.5, 0.6) is 5.75 Å². The van der Waals surface area contributed by atoms with Gasteiger partial charge >= 0.3 is 6.03 Å². The van der Waals surface area contributed by atoms with Crippen LogP contribution in [0.25, 0.3) is 0 Å². The molecule has 0 aliphatic carbocycles. The molecule has 2 aromatic rings. The normalized spacial score (nSPS) is 20.5. The Hall–Kier alpha value is -2.97. The van der Waals surface area contributed by atoms with Gasteiger partial charge in [-0.15, -0.1) is 11.8 Å². The summed E-state index contributed by atoms with van der Waals surface area (Å²) in [5.74, 6) is -0.566.